The highest BCUT2D eigenvalue weighted by atomic mass is 19.1. The number of hydrogen-bond acceptors (Lipinski definition) is 1. The number of nitrogens with two attached hydrogens (primary N) is 1. The van der Waals surface area contributed by atoms with E-state index in [-0.39, 0.29) is 0 Å². The lowest BCUT2D eigenvalue weighted by Gasteiger charge is -2.03. The Labute approximate surface area is 110 Å². The Kier molecular flexibility index (Phi) is 2.82. The normalized spacial score (nSPS) is 15.8. The standard InChI is InChI=1S/C16H13F2N/c17-13-6-10(7-14(18)9-13)5-11-1-2-12-8-15(19)3-4-16(11)12/h3-9H,1-2,19H2/b11-5+. The van der Waals surface area contributed by atoms with Crippen LogP contribution in [0.2, 0.25) is 0 Å². The highest BCUT2D eigenvalue weighted by Crippen LogP contribution is 2.34. The monoisotopic (exact) mass is 257 g/mol. The molecule has 96 valence electrons. The van der Waals surface area contributed by atoms with Gasteiger partial charge in [0.25, 0.3) is 0 Å². The molecule has 0 fully saturated rings. The molecule has 2 aromatic carbocycles. The third kappa shape index (κ3) is 2.36. The van der Waals surface area contributed by atoms with E-state index in [0.29, 0.717) is 5.56 Å². The Balaban J connectivity index is 2.03. The molecule has 2 aromatic rings. The SMILES string of the molecule is Nc1ccc2c(c1)CC/C2=C\c1cc(F)cc(F)c1. The van der Waals surface area contributed by atoms with Crippen molar-refractivity contribution in [2.45, 2.75) is 12.8 Å². The first-order chi connectivity index (χ1) is 9.11. The van der Waals surface area contributed by atoms with Gasteiger partial charge in [-0.2, -0.15) is 0 Å². The Morgan fingerprint density at radius 3 is 2.42 bits per heavy atom. The lowest BCUT2D eigenvalue weighted by Crippen LogP contribution is -1.88. The van der Waals surface area contributed by atoms with Gasteiger partial charge in [-0.05, 0) is 59.4 Å². The maximum Gasteiger partial charge on any atom is 0.126 e. The van der Waals surface area contributed by atoms with E-state index >= 15 is 0 Å². The van der Waals surface area contributed by atoms with Crippen LogP contribution in [0.4, 0.5) is 14.5 Å². The molecule has 0 atom stereocenters. The molecular formula is C16H13F2N. The number of halogens is 2. The van der Waals surface area contributed by atoms with Crippen LogP contribution in [-0.4, -0.2) is 0 Å². The molecular weight excluding hydrogens is 244 g/mol. The van der Waals surface area contributed by atoms with Crippen LogP contribution in [0.25, 0.3) is 11.6 Å². The predicted octanol–water partition coefficient (Wildman–Crippen LogP) is 4.03. The Hall–Kier alpha value is -2.16. The number of rotatable bonds is 1. The third-order valence-corrected chi connectivity index (χ3v) is 3.36. The highest BCUT2D eigenvalue weighted by Gasteiger charge is 2.16. The quantitative estimate of drug-likeness (QED) is 0.767. The molecule has 0 unspecified atom stereocenters. The summed E-state index contributed by atoms with van der Waals surface area (Å²) in [6.45, 7) is 0. The molecule has 0 saturated heterocycles. The van der Waals surface area contributed by atoms with E-state index in [1.165, 1.54) is 17.7 Å². The van der Waals surface area contributed by atoms with Crippen LogP contribution < -0.4 is 5.73 Å². The molecule has 3 heteroatoms. The van der Waals surface area contributed by atoms with Gasteiger partial charge < -0.3 is 5.73 Å². The first-order valence-electron chi connectivity index (χ1n) is 6.17. The number of anilines is 1. The van der Waals surface area contributed by atoms with Gasteiger partial charge in [-0.15, -0.1) is 0 Å². The molecule has 3 rings (SSSR count). The van der Waals surface area contributed by atoms with Crippen LogP contribution in [0.3, 0.4) is 0 Å². The Morgan fingerprint density at radius 1 is 0.947 bits per heavy atom. The van der Waals surface area contributed by atoms with Crippen molar-refractivity contribution in [3.8, 4) is 0 Å². The number of allylic oxidation sites excluding steroid dienone is 1. The molecule has 19 heavy (non-hydrogen) atoms. The lowest BCUT2D eigenvalue weighted by molar-refractivity contribution is 0.583. The summed E-state index contributed by atoms with van der Waals surface area (Å²) in [4.78, 5) is 0. The van der Waals surface area contributed by atoms with Crippen molar-refractivity contribution in [3.63, 3.8) is 0 Å². The molecule has 1 aliphatic rings. The summed E-state index contributed by atoms with van der Waals surface area (Å²) in [7, 11) is 0. The van der Waals surface area contributed by atoms with Crippen molar-refractivity contribution in [1.82, 2.24) is 0 Å². The number of nitrogen functional groups attached to an aromatic ring is 1. The van der Waals surface area contributed by atoms with Gasteiger partial charge in [-0.25, -0.2) is 8.78 Å². The van der Waals surface area contributed by atoms with E-state index in [1.807, 2.05) is 24.3 Å². The van der Waals surface area contributed by atoms with Crippen LogP contribution >= 0.6 is 0 Å². The van der Waals surface area contributed by atoms with E-state index in [2.05, 4.69) is 0 Å². The zero-order valence-corrected chi connectivity index (χ0v) is 10.3. The molecule has 0 radical (unpaired) electrons. The summed E-state index contributed by atoms with van der Waals surface area (Å²) < 4.78 is 26.3. The summed E-state index contributed by atoms with van der Waals surface area (Å²) in [5.74, 6) is -1.11. The molecule has 1 nitrogen and oxygen atoms in total. The second-order valence-electron chi connectivity index (χ2n) is 4.79. The molecule has 0 spiro atoms. The zero-order chi connectivity index (χ0) is 13.4. The first-order valence-corrected chi connectivity index (χ1v) is 6.17. The fraction of sp³-hybridized carbons (Fsp3) is 0.125. The summed E-state index contributed by atoms with van der Waals surface area (Å²) in [6, 6.07) is 9.34. The average Bonchev–Trinajstić information content (AvgIpc) is 2.70. The fourth-order valence-electron chi connectivity index (χ4n) is 2.55. The summed E-state index contributed by atoms with van der Waals surface area (Å²) >= 11 is 0. The molecule has 0 aromatic heterocycles. The highest BCUT2D eigenvalue weighted by molar-refractivity contribution is 5.86. The molecule has 1 aliphatic carbocycles. The van der Waals surface area contributed by atoms with Crippen molar-refractivity contribution >= 4 is 17.3 Å². The van der Waals surface area contributed by atoms with Gasteiger partial charge in [-0.1, -0.05) is 12.1 Å². The van der Waals surface area contributed by atoms with Gasteiger partial charge >= 0.3 is 0 Å². The van der Waals surface area contributed by atoms with Crippen LogP contribution in [-0.2, 0) is 6.42 Å². The maximum atomic E-state index is 13.2. The van der Waals surface area contributed by atoms with E-state index in [9.17, 15) is 8.78 Å². The van der Waals surface area contributed by atoms with E-state index < -0.39 is 11.6 Å². The second kappa shape index (κ2) is 4.50. The summed E-state index contributed by atoms with van der Waals surface area (Å²) in [5.41, 5.74) is 10.5. The summed E-state index contributed by atoms with van der Waals surface area (Å²) in [5, 5.41) is 0. The van der Waals surface area contributed by atoms with Crippen molar-refractivity contribution in [1.29, 1.82) is 0 Å². The Morgan fingerprint density at radius 2 is 1.68 bits per heavy atom. The van der Waals surface area contributed by atoms with E-state index in [4.69, 9.17) is 5.73 Å². The van der Waals surface area contributed by atoms with Crippen LogP contribution in [0.1, 0.15) is 23.1 Å². The smallest absolute Gasteiger partial charge is 0.126 e. The topological polar surface area (TPSA) is 26.0 Å². The number of fused-ring (bicyclic) bond motifs is 1. The molecule has 0 amide bonds. The van der Waals surface area contributed by atoms with Gasteiger partial charge in [0, 0.05) is 11.8 Å². The fourth-order valence-corrected chi connectivity index (χ4v) is 2.55. The summed E-state index contributed by atoms with van der Waals surface area (Å²) in [6.07, 6.45) is 3.63. The number of benzene rings is 2. The van der Waals surface area contributed by atoms with Crippen LogP contribution in [0, 0.1) is 11.6 Å². The minimum Gasteiger partial charge on any atom is -0.399 e. The van der Waals surface area contributed by atoms with Crippen LogP contribution in [0.15, 0.2) is 36.4 Å². The average molecular weight is 257 g/mol. The number of aryl methyl sites for hydroxylation is 1. The molecule has 2 N–H and O–H groups in total. The minimum atomic E-state index is -0.553. The molecule has 0 aliphatic heterocycles. The van der Waals surface area contributed by atoms with Crippen molar-refractivity contribution < 1.29 is 8.78 Å². The molecule has 0 saturated carbocycles. The number of hydrogen-bond donors (Lipinski definition) is 1. The van der Waals surface area contributed by atoms with Crippen molar-refractivity contribution in [2.24, 2.45) is 0 Å². The van der Waals surface area contributed by atoms with Crippen molar-refractivity contribution in [3.05, 3.63) is 64.7 Å². The largest absolute Gasteiger partial charge is 0.399 e. The van der Waals surface area contributed by atoms with Gasteiger partial charge in [0.15, 0.2) is 0 Å². The zero-order valence-electron chi connectivity index (χ0n) is 10.3. The van der Waals surface area contributed by atoms with Crippen molar-refractivity contribution in [2.75, 3.05) is 5.73 Å². The molecule has 0 bridgehead atoms. The first kappa shape index (κ1) is 11.9. The van der Waals surface area contributed by atoms with Gasteiger partial charge in [-0.3, -0.25) is 0 Å². The Bertz CT molecular complexity index is 654. The second-order valence-corrected chi connectivity index (χ2v) is 4.79. The van der Waals surface area contributed by atoms with E-state index in [1.54, 1.807) is 0 Å². The van der Waals surface area contributed by atoms with Gasteiger partial charge in [0.05, 0.1) is 0 Å². The van der Waals surface area contributed by atoms with Gasteiger partial charge in [0.1, 0.15) is 11.6 Å². The lowest BCUT2D eigenvalue weighted by atomic mass is 10.0. The minimum absolute atomic E-state index is 0.553. The van der Waals surface area contributed by atoms with E-state index in [0.717, 1.165) is 35.7 Å². The maximum absolute atomic E-state index is 13.2. The van der Waals surface area contributed by atoms with Gasteiger partial charge in [0.2, 0.25) is 0 Å². The molecule has 0 heterocycles. The third-order valence-electron chi connectivity index (χ3n) is 3.36. The predicted molar refractivity (Wildman–Crippen MR) is 73.4 cm³/mol. The van der Waals surface area contributed by atoms with Crippen LogP contribution in [0.5, 0.6) is 0 Å².